The Balaban J connectivity index is 4.11. The highest BCUT2D eigenvalue weighted by atomic mass is 79.9. The van der Waals surface area contributed by atoms with Crippen LogP contribution in [-0.4, -0.2) is 16.3 Å². The van der Waals surface area contributed by atoms with E-state index in [2.05, 4.69) is 21.2 Å². The number of halogens is 1. The predicted molar refractivity (Wildman–Crippen MR) is 55.5 cm³/mol. The summed E-state index contributed by atoms with van der Waals surface area (Å²) in [7, 11) is 0. The highest BCUT2D eigenvalue weighted by Crippen LogP contribution is 2.16. The molecule has 1 amide bonds. The number of carbonyl (C=O) groups is 1. The lowest BCUT2D eigenvalue weighted by molar-refractivity contribution is -0.123. The van der Waals surface area contributed by atoms with Gasteiger partial charge < -0.3 is 5.32 Å². The molecule has 0 spiro atoms. The number of nitrogens with one attached hydrogen (secondary N) is 1. The Hall–Kier alpha value is -0.560. The molecule has 0 saturated heterocycles. The van der Waals surface area contributed by atoms with Crippen molar-refractivity contribution in [3.63, 3.8) is 0 Å². The van der Waals surface area contributed by atoms with E-state index < -0.39 is 4.32 Å². The van der Waals surface area contributed by atoms with Crippen LogP contribution in [0.1, 0.15) is 33.6 Å². The first kappa shape index (κ1) is 12.4. The maximum absolute atomic E-state index is 11.4. The molecule has 0 aromatic rings. The van der Waals surface area contributed by atoms with Crippen LogP contribution in [0, 0.1) is 11.3 Å². The van der Waals surface area contributed by atoms with Gasteiger partial charge in [-0.3, -0.25) is 4.79 Å². The van der Waals surface area contributed by atoms with Crippen molar-refractivity contribution in [3.05, 3.63) is 0 Å². The van der Waals surface area contributed by atoms with Crippen molar-refractivity contribution in [3.8, 4) is 6.07 Å². The first-order chi connectivity index (χ1) is 5.91. The average Bonchev–Trinajstić information content (AvgIpc) is 2.01. The summed E-state index contributed by atoms with van der Waals surface area (Å²) in [6, 6.07) is 2.01. The van der Waals surface area contributed by atoms with Gasteiger partial charge in [0.1, 0.15) is 0 Å². The minimum atomic E-state index is -0.560. The first-order valence-electron chi connectivity index (χ1n) is 4.28. The third kappa shape index (κ3) is 4.89. The molecule has 1 unspecified atom stereocenters. The van der Waals surface area contributed by atoms with Crippen LogP contribution in [0.3, 0.4) is 0 Å². The lowest BCUT2D eigenvalue weighted by Gasteiger charge is -2.20. The van der Waals surface area contributed by atoms with Crippen LogP contribution in [0.5, 0.6) is 0 Å². The lowest BCUT2D eigenvalue weighted by atomic mass is 10.1. The number of nitriles is 1. The van der Waals surface area contributed by atoms with Gasteiger partial charge in [-0.2, -0.15) is 5.26 Å². The number of hydrogen-bond donors (Lipinski definition) is 1. The van der Waals surface area contributed by atoms with E-state index in [0.717, 1.165) is 6.42 Å². The van der Waals surface area contributed by atoms with Gasteiger partial charge >= 0.3 is 0 Å². The Kier molecular flexibility index (Phi) is 5.01. The molecule has 0 radical (unpaired) electrons. The van der Waals surface area contributed by atoms with E-state index in [-0.39, 0.29) is 11.9 Å². The van der Waals surface area contributed by atoms with E-state index in [1.165, 1.54) is 0 Å². The fraction of sp³-hybridized carbons (Fsp3) is 0.778. The zero-order valence-electron chi connectivity index (χ0n) is 8.22. The predicted octanol–water partition coefficient (Wildman–Crippen LogP) is 1.97. The van der Waals surface area contributed by atoms with E-state index in [1.807, 2.05) is 13.0 Å². The average molecular weight is 247 g/mol. The maximum atomic E-state index is 11.4. The molecule has 1 N–H and O–H groups in total. The molecule has 3 nitrogen and oxygen atoms in total. The highest BCUT2D eigenvalue weighted by Gasteiger charge is 2.25. The minimum Gasteiger partial charge on any atom is -0.351 e. The molecule has 0 aromatic carbocycles. The van der Waals surface area contributed by atoms with Crippen LogP contribution in [0.2, 0.25) is 0 Å². The number of amides is 1. The molecule has 0 aliphatic heterocycles. The summed E-state index contributed by atoms with van der Waals surface area (Å²) in [5, 5.41) is 11.3. The Morgan fingerprint density at radius 2 is 2.23 bits per heavy atom. The topological polar surface area (TPSA) is 52.9 Å². The van der Waals surface area contributed by atoms with E-state index >= 15 is 0 Å². The van der Waals surface area contributed by atoms with Crippen molar-refractivity contribution < 1.29 is 4.79 Å². The van der Waals surface area contributed by atoms with Crippen LogP contribution in [0.25, 0.3) is 0 Å². The van der Waals surface area contributed by atoms with Gasteiger partial charge in [0.15, 0.2) is 0 Å². The zero-order valence-corrected chi connectivity index (χ0v) is 9.81. The molecule has 0 fully saturated rings. The second-order valence-corrected chi connectivity index (χ2v) is 5.40. The van der Waals surface area contributed by atoms with Gasteiger partial charge in [-0.05, 0) is 20.3 Å². The second kappa shape index (κ2) is 5.23. The molecular formula is C9H15BrN2O. The largest absolute Gasteiger partial charge is 0.351 e. The number of rotatable bonds is 4. The van der Waals surface area contributed by atoms with E-state index in [4.69, 9.17) is 5.26 Å². The standard InChI is InChI=1S/C9H15BrN2O/c1-4-7(5-6-11)12-8(13)9(2,3)10/h7H,4-5H2,1-3H3,(H,12,13). The van der Waals surface area contributed by atoms with E-state index in [0.29, 0.717) is 6.42 Å². The fourth-order valence-corrected chi connectivity index (χ4v) is 0.879. The van der Waals surface area contributed by atoms with Gasteiger partial charge in [-0.25, -0.2) is 0 Å². The normalized spacial score (nSPS) is 13.2. The van der Waals surface area contributed by atoms with E-state index in [1.54, 1.807) is 13.8 Å². The molecule has 0 bridgehead atoms. The van der Waals surface area contributed by atoms with Crippen molar-refractivity contribution >= 4 is 21.8 Å². The minimum absolute atomic E-state index is 0.0330. The van der Waals surface area contributed by atoms with Gasteiger partial charge in [0.25, 0.3) is 0 Å². The maximum Gasteiger partial charge on any atom is 0.236 e. The SMILES string of the molecule is CCC(CC#N)NC(=O)C(C)(C)Br. The van der Waals surface area contributed by atoms with Gasteiger partial charge in [0.05, 0.1) is 16.8 Å². The summed E-state index contributed by atoms with van der Waals surface area (Å²) >= 11 is 3.26. The van der Waals surface area contributed by atoms with Crippen molar-refractivity contribution in [2.24, 2.45) is 0 Å². The van der Waals surface area contributed by atoms with Crippen molar-refractivity contribution in [2.75, 3.05) is 0 Å². The molecule has 0 aliphatic carbocycles. The van der Waals surface area contributed by atoms with Crippen molar-refractivity contribution in [2.45, 2.75) is 44.0 Å². The van der Waals surface area contributed by atoms with Gasteiger partial charge in [-0.1, -0.05) is 22.9 Å². The quantitative estimate of drug-likeness (QED) is 0.772. The molecule has 1 atom stereocenters. The van der Waals surface area contributed by atoms with Crippen LogP contribution >= 0.6 is 15.9 Å². The zero-order chi connectivity index (χ0) is 10.5. The molecule has 13 heavy (non-hydrogen) atoms. The Labute approximate surface area is 87.6 Å². The molecular weight excluding hydrogens is 232 g/mol. The van der Waals surface area contributed by atoms with Gasteiger partial charge in [0.2, 0.25) is 5.91 Å². The molecule has 0 aromatic heterocycles. The van der Waals surface area contributed by atoms with E-state index in [9.17, 15) is 4.79 Å². The smallest absolute Gasteiger partial charge is 0.236 e. The third-order valence-corrected chi connectivity index (χ3v) is 2.07. The Morgan fingerprint density at radius 1 is 1.69 bits per heavy atom. The van der Waals surface area contributed by atoms with Crippen molar-refractivity contribution in [1.29, 1.82) is 5.26 Å². The molecule has 0 saturated carbocycles. The van der Waals surface area contributed by atoms with Crippen LogP contribution in [0.4, 0.5) is 0 Å². The van der Waals surface area contributed by atoms with Crippen LogP contribution < -0.4 is 5.32 Å². The summed E-state index contributed by atoms with van der Waals surface area (Å²) in [6.07, 6.45) is 1.15. The molecule has 0 heterocycles. The Bertz CT molecular complexity index is 215. The second-order valence-electron chi connectivity index (χ2n) is 3.41. The molecule has 0 rings (SSSR count). The third-order valence-electron chi connectivity index (χ3n) is 1.71. The first-order valence-corrected chi connectivity index (χ1v) is 5.08. The molecule has 4 heteroatoms. The number of nitrogens with zero attached hydrogens (tertiary/aromatic N) is 1. The van der Waals surface area contributed by atoms with Crippen LogP contribution in [-0.2, 0) is 4.79 Å². The summed E-state index contributed by atoms with van der Waals surface area (Å²) in [4.78, 5) is 11.4. The Morgan fingerprint density at radius 3 is 2.54 bits per heavy atom. The molecule has 0 aliphatic rings. The highest BCUT2D eigenvalue weighted by molar-refractivity contribution is 9.10. The number of alkyl halides is 1. The van der Waals surface area contributed by atoms with Gasteiger partial charge in [-0.15, -0.1) is 0 Å². The molecule has 74 valence electrons. The van der Waals surface area contributed by atoms with Crippen molar-refractivity contribution in [1.82, 2.24) is 5.32 Å². The monoisotopic (exact) mass is 246 g/mol. The van der Waals surface area contributed by atoms with Gasteiger partial charge in [0, 0.05) is 6.04 Å². The summed E-state index contributed by atoms with van der Waals surface area (Å²) in [5.41, 5.74) is 0. The van der Waals surface area contributed by atoms with Crippen LogP contribution in [0.15, 0.2) is 0 Å². The fourth-order valence-electron chi connectivity index (χ4n) is 0.765. The summed E-state index contributed by atoms with van der Waals surface area (Å²) in [5.74, 6) is -0.0744. The summed E-state index contributed by atoms with van der Waals surface area (Å²) in [6.45, 7) is 5.51. The number of carbonyl (C=O) groups excluding carboxylic acids is 1. The lowest BCUT2D eigenvalue weighted by Crippen LogP contribution is -2.43. The summed E-state index contributed by atoms with van der Waals surface area (Å²) < 4.78 is -0.560. The number of hydrogen-bond acceptors (Lipinski definition) is 2.